The third kappa shape index (κ3) is 10.7. The lowest BCUT2D eigenvalue weighted by atomic mass is 9.87. The third-order valence-corrected chi connectivity index (χ3v) is 7.76. The molecular weight excluding hydrogens is 528 g/mol. The van der Waals surface area contributed by atoms with Crippen molar-refractivity contribution in [3.05, 3.63) is 36.0 Å². The minimum absolute atomic E-state index is 0.0156. The minimum atomic E-state index is -1.55. The van der Waals surface area contributed by atoms with Gasteiger partial charge in [-0.2, -0.15) is 0 Å². The first-order valence-electron chi connectivity index (χ1n) is 14.8. The summed E-state index contributed by atoms with van der Waals surface area (Å²) in [6, 6.07) is -0.115. The maximum absolute atomic E-state index is 12.4. The highest BCUT2D eigenvalue weighted by Gasteiger charge is 2.57. The Bertz CT molecular complexity index is 1020. The number of carbonyl (C=O) groups is 3. The molecule has 3 aliphatic heterocycles. The highest BCUT2D eigenvalue weighted by Crippen LogP contribution is 2.46. The van der Waals surface area contributed by atoms with Crippen LogP contribution >= 0.6 is 0 Å². The minimum Gasteiger partial charge on any atom is -0.459 e. The number of epoxide rings is 1. The zero-order valence-corrected chi connectivity index (χ0v) is 25.3. The quantitative estimate of drug-likeness (QED) is 0.139. The van der Waals surface area contributed by atoms with Crippen molar-refractivity contribution in [3.63, 3.8) is 0 Å². The average molecular weight is 577 g/mol. The SMILES string of the molecule is CCCNC(=O)C[C@]1(O)CC2(CO2)C[C@@H](/C=C/C(C)=C/C[C@@H]2O[C@H](C)[C@H](NC(=O)/C=C\[C@H](C)OC(C)=O)C[C@@H]2C)O1. The number of hydrogen-bond acceptors (Lipinski definition) is 8. The maximum atomic E-state index is 12.4. The van der Waals surface area contributed by atoms with Crippen LogP contribution in [-0.2, 0) is 33.3 Å². The van der Waals surface area contributed by atoms with Crippen LogP contribution in [0.5, 0.6) is 0 Å². The first-order chi connectivity index (χ1) is 19.3. The lowest BCUT2D eigenvalue weighted by molar-refractivity contribution is -0.256. The molecule has 2 amide bonds. The Kier molecular flexibility index (Phi) is 11.7. The number of hydrogen-bond donors (Lipinski definition) is 3. The first kappa shape index (κ1) is 33.0. The van der Waals surface area contributed by atoms with Gasteiger partial charge in [0.05, 0.1) is 43.0 Å². The summed E-state index contributed by atoms with van der Waals surface area (Å²) in [5, 5.41) is 16.9. The number of esters is 1. The number of aliphatic hydroxyl groups is 1. The van der Waals surface area contributed by atoms with Crippen LogP contribution in [0, 0.1) is 5.92 Å². The number of allylic oxidation sites excluding steroid dienone is 2. The fourth-order valence-electron chi connectivity index (χ4n) is 5.52. The van der Waals surface area contributed by atoms with Crippen molar-refractivity contribution >= 4 is 17.8 Å². The molecule has 0 aromatic rings. The molecule has 3 saturated heterocycles. The van der Waals surface area contributed by atoms with Crippen molar-refractivity contribution in [2.24, 2.45) is 5.92 Å². The smallest absolute Gasteiger partial charge is 0.303 e. The summed E-state index contributed by atoms with van der Waals surface area (Å²) < 4.78 is 22.9. The predicted octanol–water partition coefficient (Wildman–Crippen LogP) is 3.24. The third-order valence-electron chi connectivity index (χ3n) is 7.76. The summed E-state index contributed by atoms with van der Waals surface area (Å²) in [6.45, 7) is 12.2. The Morgan fingerprint density at radius 3 is 2.59 bits per heavy atom. The van der Waals surface area contributed by atoms with E-state index in [-0.39, 0.29) is 48.5 Å². The van der Waals surface area contributed by atoms with Crippen molar-refractivity contribution in [2.45, 2.75) is 122 Å². The number of amides is 2. The lowest BCUT2D eigenvalue weighted by Gasteiger charge is -2.39. The highest BCUT2D eigenvalue weighted by molar-refractivity contribution is 5.87. The molecule has 0 radical (unpaired) electrons. The van der Waals surface area contributed by atoms with Crippen LogP contribution in [0.15, 0.2) is 36.0 Å². The van der Waals surface area contributed by atoms with E-state index in [9.17, 15) is 19.5 Å². The molecule has 1 unspecified atom stereocenters. The van der Waals surface area contributed by atoms with Gasteiger partial charge in [0, 0.05) is 32.4 Å². The standard InChI is InChI=1S/C31H48N2O8/c1-7-14-32-29(36)17-31(37)18-30(19-38-30)16-25(41-31)11-8-20(2)9-12-27-21(3)15-26(23(5)40-27)33-28(35)13-10-22(4)39-24(6)34/h8-11,13,21-23,25-27,37H,7,12,14-19H2,1-6H3,(H,32,36)(H,33,35)/b11-8+,13-10-,20-9+/t21-,22-,23+,25+,26+,27-,30?,31+/m0/s1. The number of rotatable bonds is 12. The van der Waals surface area contributed by atoms with E-state index >= 15 is 0 Å². The van der Waals surface area contributed by atoms with Crippen molar-refractivity contribution in [1.29, 1.82) is 0 Å². The van der Waals surface area contributed by atoms with E-state index < -0.39 is 23.5 Å². The Balaban J connectivity index is 1.49. The zero-order valence-electron chi connectivity index (χ0n) is 25.3. The molecule has 10 heteroatoms. The monoisotopic (exact) mass is 576 g/mol. The molecule has 3 N–H and O–H groups in total. The Morgan fingerprint density at radius 1 is 1.20 bits per heavy atom. The summed E-state index contributed by atoms with van der Waals surface area (Å²) in [5.74, 6) is -2.18. The molecule has 0 bridgehead atoms. The molecule has 0 aromatic carbocycles. The normalized spacial score (nSPS) is 34.5. The second kappa shape index (κ2) is 14.6. The summed E-state index contributed by atoms with van der Waals surface area (Å²) in [4.78, 5) is 35.6. The number of nitrogens with one attached hydrogen (secondary N) is 2. The van der Waals surface area contributed by atoms with Gasteiger partial charge in [-0.3, -0.25) is 14.4 Å². The maximum Gasteiger partial charge on any atom is 0.303 e. The molecule has 3 fully saturated rings. The molecule has 10 nitrogen and oxygen atoms in total. The Morgan fingerprint density at radius 2 is 1.93 bits per heavy atom. The van der Waals surface area contributed by atoms with Crippen LogP contribution in [0.1, 0.15) is 80.1 Å². The molecule has 3 rings (SSSR count). The largest absolute Gasteiger partial charge is 0.459 e. The van der Waals surface area contributed by atoms with Crippen LogP contribution in [0.2, 0.25) is 0 Å². The van der Waals surface area contributed by atoms with E-state index in [4.69, 9.17) is 18.9 Å². The van der Waals surface area contributed by atoms with E-state index in [0.717, 1.165) is 24.8 Å². The number of carbonyl (C=O) groups excluding carboxylic acids is 3. The second-order valence-electron chi connectivity index (χ2n) is 11.9. The van der Waals surface area contributed by atoms with Gasteiger partial charge in [0.25, 0.3) is 0 Å². The van der Waals surface area contributed by atoms with Gasteiger partial charge in [0.2, 0.25) is 11.8 Å². The lowest BCUT2D eigenvalue weighted by Crippen LogP contribution is -2.50. The Labute approximate surface area is 243 Å². The van der Waals surface area contributed by atoms with E-state index in [1.165, 1.54) is 13.0 Å². The van der Waals surface area contributed by atoms with Crippen LogP contribution in [-0.4, -0.2) is 77.9 Å². The van der Waals surface area contributed by atoms with Gasteiger partial charge in [0.15, 0.2) is 5.79 Å². The van der Waals surface area contributed by atoms with Gasteiger partial charge >= 0.3 is 5.97 Å². The van der Waals surface area contributed by atoms with E-state index in [1.54, 1.807) is 13.0 Å². The predicted molar refractivity (Wildman–Crippen MR) is 154 cm³/mol. The molecule has 0 aromatic heterocycles. The molecule has 3 aliphatic rings. The van der Waals surface area contributed by atoms with Crippen LogP contribution < -0.4 is 10.6 Å². The molecule has 3 heterocycles. The van der Waals surface area contributed by atoms with Gasteiger partial charge in [-0.25, -0.2) is 0 Å². The average Bonchev–Trinajstić information content (AvgIpc) is 3.62. The van der Waals surface area contributed by atoms with Gasteiger partial charge in [-0.1, -0.05) is 37.6 Å². The molecule has 41 heavy (non-hydrogen) atoms. The molecule has 0 aliphatic carbocycles. The molecule has 8 atom stereocenters. The summed E-state index contributed by atoms with van der Waals surface area (Å²) >= 11 is 0. The van der Waals surface area contributed by atoms with E-state index in [2.05, 4.69) is 23.6 Å². The van der Waals surface area contributed by atoms with Crippen LogP contribution in [0.4, 0.5) is 0 Å². The van der Waals surface area contributed by atoms with E-state index in [0.29, 0.717) is 26.0 Å². The first-order valence-corrected chi connectivity index (χ1v) is 14.8. The van der Waals surface area contributed by atoms with Gasteiger partial charge < -0.3 is 34.7 Å². The zero-order chi connectivity index (χ0) is 30.2. The highest BCUT2D eigenvalue weighted by atomic mass is 16.7. The number of ether oxygens (including phenoxy) is 4. The molecule has 1 spiro atoms. The Hall–Kier alpha value is -2.53. The van der Waals surface area contributed by atoms with Gasteiger partial charge in [-0.05, 0) is 52.0 Å². The summed E-state index contributed by atoms with van der Waals surface area (Å²) in [7, 11) is 0. The molecule has 0 saturated carbocycles. The van der Waals surface area contributed by atoms with Crippen LogP contribution in [0.25, 0.3) is 0 Å². The fourth-order valence-corrected chi connectivity index (χ4v) is 5.52. The summed E-state index contributed by atoms with van der Waals surface area (Å²) in [5.41, 5.74) is 0.620. The topological polar surface area (TPSA) is 136 Å². The second-order valence-corrected chi connectivity index (χ2v) is 11.9. The van der Waals surface area contributed by atoms with Crippen molar-refractivity contribution < 1.29 is 38.4 Å². The molecular formula is C31H48N2O8. The van der Waals surface area contributed by atoms with Gasteiger partial charge in [0.1, 0.15) is 6.10 Å². The van der Waals surface area contributed by atoms with Crippen molar-refractivity contribution in [1.82, 2.24) is 10.6 Å². The van der Waals surface area contributed by atoms with E-state index in [1.807, 2.05) is 32.9 Å². The van der Waals surface area contributed by atoms with Crippen molar-refractivity contribution in [3.8, 4) is 0 Å². The van der Waals surface area contributed by atoms with Crippen LogP contribution in [0.3, 0.4) is 0 Å². The van der Waals surface area contributed by atoms with Gasteiger partial charge in [-0.15, -0.1) is 0 Å². The van der Waals surface area contributed by atoms with Crippen molar-refractivity contribution in [2.75, 3.05) is 13.2 Å². The molecule has 230 valence electrons. The summed E-state index contributed by atoms with van der Waals surface area (Å²) in [6.07, 6.45) is 11.2. The fraction of sp³-hybridized carbons (Fsp3) is 0.710.